The molecule has 7 heteroatoms. The van der Waals surface area contributed by atoms with Gasteiger partial charge >= 0.3 is 0 Å². The summed E-state index contributed by atoms with van der Waals surface area (Å²) in [5, 5.41) is 5.48. The molecular weight excluding hydrogens is 346 g/mol. The highest BCUT2D eigenvalue weighted by Gasteiger charge is 2.11. The number of imidazole rings is 1. The Hall–Kier alpha value is -3.19. The number of thiophene rings is 1. The monoisotopic (exact) mass is 363 g/mol. The Balaban J connectivity index is 1.66. The molecule has 130 valence electrons. The molecule has 0 radical (unpaired) electrons. The molecule has 4 rings (SSSR count). The lowest BCUT2D eigenvalue weighted by atomic mass is 10.2. The lowest BCUT2D eigenvalue weighted by molar-refractivity contribution is 0.414. The molecule has 6 nitrogen and oxygen atoms in total. The fourth-order valence-electron chi connectivity index (χ4n) is 2.59. The van der Waals surface area contributed by atoms with Crippen molar-refractivity contribution >= 4 is 17.2 Å². The molecule has 0 bridgehead atoms. The Morgan fingerprint density at radius 2 is 2.19 bits per heavy atom. The van der Waals surface area contributed by atoms with Gasteiger partial charge in [0.2, 0.25) is 5.95 Å². The van der Waals surface area contributed by atoms with Crippen LogP contribution in [0.2, 0.25) is 0 Å². The predicted molar refractivity (Wildman–Crippen MR) is 103 cm³/mol. The van der Waals surface area contributed by atoms with E-state index >= 15 is 0 Å². The first-order chi connectivity index (χ1) is 12.8. The van der Waals surface area contributed by atoms with E-state index in [2.05, 4.69) is 27.4 Å². The largest absolute Gasteiger partial charge is 0.497 e. The average molecular weight is 363 g/mol. The van der Waals surface area contributed by atoms with Gasteiger partial charge in [0.05, 0.1) is 12.7 Å². The van der Waals surface area contributed by atoms with Gasteiger partial charge in [-0.25, -0.2) is 9.97 Å². The summed E-state index contributed by atoms with van der Waals surface area (Å²) >= 11 is 1.66. The van der Waals surface area contributed by atoms with Gasteiger partial charge in [-0.15, -0.1) is 11.3 Å². The number of hydrogen-bond acceptors (Lipinski definition) is 6. The third-order valence-electron chi connectivity index (χ3n) is 3.89. The molecule has 1 N–H and O–H groups in total. The molecule has 3 heterocycles. The average Bonchev–Trinajstić information content (AvgIpc) is 3.40. The third-order valence-corrected chi connectivity index (χ3v) is 4.80. The summed E-state index contributed by atoms with van der Waals surface area (Å²) in [4.78, 5) is 14.4. The minimum Gasteiger partial charge on any atom is -0.497 e. The highest BCUT2D eigenvalue weighted by Crippen LogP contribution is 2.30. The summed E-state index contributed by atoms with van der Waals surface area (Å²) in [7, 11) is 1.67. The maximum absolute atomic E-state index is 5.30. The van der Waals surface area contributed by atoms with Gasteiger partial charge in [-0.05, 0) is 29.1 Å². The summed E-state index contributed by atoms with van der Waals surface area (Å²) in [6.45, 7) is 0.635. The Labute approximate surface area is 155 Å². The van der Waals surface area contributed by atoms with Gasteiger partial charge in [-0.3, -0.25) is 4.57 Å². The SMILES string of the molecule is COc1cccc(CNc2nc(-n3ccnc3)ncc2-c2cccs2)c1. The van der Waals surface area contributed by atoms with Gasteiger partial charge in [0.1, 0.15) is 17.9 Å². The molecule has 26 heavy (non-hydrogen) atoms. The van der Waals surface area contributed by atoms with Gasteiger partial charge in [0.25, 0.3) is 0 Å². The van der Waals surface area contributed by atoms with Gasteiger partial charge in [-0.1, -0.05) is 18.2 Å². The maximum Gasteiger partial charge on any atom is 0.236 e. The van der Waals surface area contributed by atoms with Crippen LogP contribution in [0.1, 0.15) is 5.56 Å². The van der Waals surface area contributed by atoms with Crippen molar-refractivity contribution in [2.45, 2.75) is 6.54 Å². The Morgan fingerprint density at radius 3 is 2.96 bits per heavy atom. The number of benzene rings is 1. The zero-order valence-corrected chi connectivity index (χ0v) is 15.0. The third kappa shape index (κ3) is 3.43. The fraction of sp³-hybridized carbons (Fsp3) is 0.105. The molecule has 0 aliphatic carbocycles. The number of aromatic nitrogens is 4. The zero-order chi connectivity index (χ0) is 17.8. The number of nitrogens with one attached hydrogen (secondary N) is 1. The van der Waals surface area contributed by atoms with Crippen LogP contribution in [-0.2, 0) is 6.54 Å². The van der Waals surface area contributed by atoms with Crippen molar-refractivity contribution in [3.8, 4) is 22.1 Å². The van der Waals surface area contributed by atoms with E-state index in [0.717, 1.165) is 27.6 Å². The molecule has 0 spiro atoms. The van der Waals surface area contributed by atoms with Gasteiger partial charge < -0.3 is 10.1 Å². The second kappa shape index (κ2) is 7.37. The number of rotatable bonds is 6. The molecule has 0 amide bonds. The van der Waals surface area contributed by atoms with Crippen molar-refractivity contribution in [3.05, 3.63) is 72.3 Å². The summed E-state index contributed by atoms with van der Waals surface area (Å²) < 4.78 is 7.08. The van der Waals surface area contributed by atoms with Crippen molar-refractivity contribution in [2.75, 3.05) is 12.4 Å². The first-order valence-corrected chi connectivity index (χ1v) is 8.97. The molecule has 4 aromatic rings. The molecule has 1 aromatic carbocycles. The Bertz CT molecular complexity index is 983. The number of nitrogens with zero attached hydrogens (tertiary/aromatic N) is 4. The van der Waals surface area contributed by atoms with E-state index in [0.29, 0.717) is 12.5 Å². The van der Waals surface area contributed by atoms with Crippen LogP contribution in [0.15, 0.2) is 66.7 Å². The van der Waals surface area contributed by atoms with E-state index in [1.54, 1.807) is 35.5 Å². The van der Waals surface area contributed by atoms with Crippen molar-refractivity contribution in [2.24, 2.45) is 0 Å². The highest BCUT2D eigenvalue weighted by atomic mass is 32.1. The molecule has 0 saturated carbocycles. The van der Waals surface area contributed by atoms with E-state index in [9.17, 15) is 0 Å². The van der Waals surface area contributed by atoms with Crippen molar-refractivity contribution < 1.29 is 4.74 Å². The smallest absolute Gasteiger partial charge is 0.236 e. The van der Waals surface area contributed by atoms with Crippen LogP contribution >= 0.6 is 11.3 Å². The first-order valence-electron chi connectivity index (χ1n) is 8.09. The summed E-state index contributed by atoms with van der Waals surface area (Å²) in [6, 6.07) is 12.1. The molecule has 0 atom stereocenters. The van der Waals surface area contributed by atoms with Crippen LogP contribution in [0.25, 0.3) is 16.4 Å². The van der Waals surface area contributed by atoms with E-state index in [4.69, 9.17) is 9.72 Å². The van der Waals surface area contributed by atoms with E-state index in [1.807, 2.05) is 42.0 Å². The quantitative estimate of drug-likeness (QED) is 0.561. The molecular formula is C19H17N5OS. The van der Waals surface area contributed by atoms with Crippen molar-refractivity contribution in [3.63, 3.8) is 0 Å². The number of methoxy groups -OCH3 is 1. The lowest BCUT2D eigenvalue weighted by Crippen LogP contribution is -2.07. The fourth-order valence-corrected chi connectivity index (χ4v) is 3.33. The molecule has 0 fully saturated rings. The van der Waals surface area contributed by atoms with Gasteiger partial charge in [-0.2, -0.15) is 4.98 Å². The normalized spacial score (nSPS) is 10.7. The summed E-state index contributed by atoms with van der Waals surface area (Å²) in [5.74, 6) is 2.20. The number of anilines is 1. The summed E-state index contributed by atoms with van der Waals surface area (Å²) in [5.41, 5.74) is 2.09. The van der Waals surface area contributed by atoms with Crippen LogP contribution in [0.3, 0.4) is 0 Å². The minimum atomic E-state index is 0.580. The lowest BCUT2D eigenvalue weighted by Gasteiger charge is -2.12. The van der Waals surface area contributed by atoms with Crippen LogP contribution in [-0.4, -0.2) is 26.6 Å². The van der Waals surface area contributed by atoms with E-state index in [1.165, 1.54) is 0 Å². The zero-order valence-electron chi connectivity index (χ0n) is 14.2. The van der Waals surface area contributed by atoms with Crippen LogP contribution in [0.5, 0.6) is 5.75 Å². The Morgan fingerprint density at radius 1 is 1.23 bits per heavy atom. The van der Waals surface area contributed by atoms with Gasteiger partial charge in [0, 0.05) is 30.0 Å². The second-order valence-electron chi connectivity index (χ2n) is 5.58. The maximum atomic E-state index is 5.30. The molecule has 0 aliphatic rings. The highest BCUT2D eigenvalue weighted by molar-refractivity contribution is 7.13. The second-order valence-corrected chi connectivity index (χ2v) is 6.53. The Kier molecular flexibility index (Phi) is 4.61. The van der Waals surface area contributed by atoms with Gasteiger partial charge in [0.15, 0.2) is 0 Å². The molecule has 0 saturated heterocycles. The topological polar surface area (TPSA) is 64.9 Å². The summed E-state index contributed by atoms with van der Waals surface area (Å²) in [6.07, 6.45) is 7.07. The number of hydrogen-bond donors (Lipinski definition) is 1. The number of ether oxygens (including phenoxy) is 1. The van der Waals surface area contributed by atoms with Crippen molar-refractivity contribution in [1.82, 2.24) is 19.5 Å². The molecule has 0 unspecified atom stereocenters. The van der Waals surface area contributed by atoms with Crippen LogP contribution in [0.4, 0.5) is 5.82 Å². The molecule has 0 aliphatic heterocycles. The standard InChI is InChI=1S/C19H17N5OS/c1-25-15-5-2-4-14(10-15)11-21-18-16(17-6-3-9-26-17)12-22-19(23-18)24-8-7-20-13-24/h2-10,12-13H,11H2,1H3,(H,21,22,23). The molecule has 3 aromatic heterocycles. The predicted octanol–water partition coefficient (Wildman–Crippen LogP) is 4.01. The minimum absolute atomic E-state index is 0.580. The van der Waals surface area contributed by atoms with Crippen LogP contribution < -0.4 is 10.1 Å². The van der Waals surface area contributed by atoms with E-state index < -0.39 is 0 Å². The van der Waals surface area contributed by atoms with E-state index in [-0.39, 0.29) is 0 Å². The first kappa shape index (κ1) is 16.3. The van der Waals surface area contributed by atoms with Crippen molar-refractivity contribution in [1.29, 1.82) is 0 Å². The van der Waals surface area contributed by atoms with Crippen LogP contribution in [0, 0.1) is 0 Å².